The van der Waals surface area contributed by atoms with Crippen LogP contribution in [-0.2, 0) is 11.8 Å². The summed E-state index contributed by atoms with van der Waals surface area (Å²) in [6, 6.07) is -0.248. The minimum absolute atomic E-state index is 0.0196. The number of carbonyl (C=O) groups is 1. The maximum absolute atomic E-state index is 12.1. The van der Waals surface area contributed by atoms with E-state index in [0.717, 1.165) is 0 Å². The van der Waals surface area contributed by atoms with Crippen LogP contribution in [0.15, 0.2) is 0 Å². The van der Waals surface area contributed by atoms with Gasteiger partial charge in [-0.1, -0.05) is 0 Å². The van der Waals surface area contributed by atoms with Gasteiger partial charge in [0.15, 0.2) is 0 Å². The van der Waals surface area contributed by atoms with Gasteiger partial charge in [0.2, 0.25) is 0 Å². The molecule has 1 aromatic rings. The maximum atomic E-state index is 12.1. The lowest BCUT2D eigenvalue weighted by molar-refractivity contribution is 0.0870. The smallest absolute Gasteiger partial charge is 0.271 e. The summed E-state index contributed by atoms with van der Waals surface area (Å²) in [5, 5.41) is 15.8. The third-order valence-corrected chi connectivity index (χ3v) is 2.66. The van der Waals surface area contributed by atoms with E-state index in [1.807, 2.05) is 0 Å². The summed E-state index contributed by atoms with van der Waals surface area (Å²) in [5.74, 6) is -0.314. The molecule has 7 heteroatoms. The van der Waals surface area contributed by atoms with E-state index in [1.165, 1.54) is 4.68 Å². The third kappa shape index (κ3) is 3.21. The average molecular weight is 256 g/mol. The molecule has 0 aliphatic heterocycles. The molecule has 0 radical (unpaired) electrons. The molecule has 1 aromatic heterocycles. The fourth-order valence-electron chi connectivity index (χ4n) is 1.75. The van der Waals surface area contributed by atoms with Crippen LogP contribution in [0.25, 0.3) is 0 Å². The highest BCUT2D eigenvalue weighted by atomic mass is 16.5. The molecule has 4 N–H and O–H groups in total. The predicted octanol–water partition coefficient (Wildman–Crippen LogP) is -0.562. The number of ether oxygens (including phenoxy) is 1. The summed E-state index contributed by atoms with van der Waals surface area (Å²) >= 11 is 0. The Labute approximate surface area is 106 Å². The van der Waals surface area contributed by atoms with Crippen molar-refractivity contribution >= 4 is 11.6 Å². The molecule has 102 valence electrons. The molecule has 0 fully saturated rings. The van der Waals surface area contributed by atoms with Crippen molar-refractivity contribution < 1.29 is 14.6 Å². The number of nitrogens with zero attached hydrogens (tertiary/aromatic N) is 2. The zero-order valence-corrected chi connectivity index (χ0v) is 10.9. The number of nitrogen functional groups attached to an aromatic ring is 1. The van der Waals surface area contributed by atoms with E-state index >= 15 is 0 Å². The summed E-state index contributed by atoms with van der Waals surface area (Å²) in [7, 11) is 3.20. The molecule has 0 aliphatic rings. The fraction of sp³-hybridized carbons (Fsp3) is 0.636. The van der Waals surface area contributed by atoms with E-state index in [9.17, 15) is 4.79 Å². The minimum atomic E-state index is -0.314. The Bertz CT molecular complexity index is 411. The van der Waals surface area contributed by atoms with Crippen LogP contribution in [0, 0.1) is 6.92 Å². The van der Waals surface area contributed by atoms with Crippen molar-refractivity contribution in [1.29, 1.82) is 0 Å². The number of aromatic nitrogens is 2. The Balaban J connectivity index is 2.80. The van der Waals surface area contributed by atoms with Gasteiger partial charge in [-0.15, -0.1) is 0 Å². The Morgan fingerprint density at radius 3 is 2.78 bits per heavy atom. The second-order valence-corrected chi connectivity index (χ2v) is 4.11. The number of aliphatic hydroxyl groups excluding tert-OH is 1. The van der Waals surface area contributed by atoms with Crippen LogP contribution in [0.4, 0.5) is 5.69 Å². The van der Waals surface area contributed by atoms with E-state index in [-0.39, 0.29) is 18.6 Å². The van der Waals surface area contributed by atoms with E-state index in [4.69, 9.17) is 15.6 Å². The molecule has 0 aliphatic carbocycles. The molecule has 7 nitrogen and oxygen atoms in total. The molecule has 1 unspecified atom stereocenters. The Kier molecular flexibility index (Phi) is 5.11. The standard InChI is InChI=1S/C11H20N4O3/c1-7-9(12)10(15(2)14-7)11(17)13-8(4-5-16)6-18-3/h8,16H,4-6,12H2,1-3H3,(H,13,17). The number of aliphatic hydroxyl groups is 1. The first-order valence-corrected chi connectivity index (χ1v) is 5.71. The first kappa shape index (κ1) is 14.5. The van der Waals surface area contributed by atoms with Crippen molar-refractivity contribution in [3.8, 4) is 0 Å². The number of nitrogens with two attached hydrogens (primary N) is 1. The molecule has 1 rings (SSSR count). The summed E-state index contributed by atoms with van der Waals surface area (Å²) in [6.07, 6.45) is 0.427. The summed E-state index contributed by atoms with van der Waals surface area (Å²) in [6.45, 7) is 2.06. The van der Waals surface area contributed by atoms with Gasteiger partial charge < -0.3 is 20.9 Å². The monoisotopic (exact) mass is 256 g/mol. The molecule has 0 aromatic carbocycles. The lowest BCUT2D eigenvalue weighted by Gasteiger charge is -2.17. The Hall–Kier alpha value is -1.60. The lowest BCUT2D eigenvalue weighted by atomic mass is 10.2. The molecule has 0 spiro atoms. The number of aryl methyl sites for hydroxylation is 2. The highest BCUT2D eigenvalue weighted by Gasteiger charge is 2.20. The van der Waals surface area contributed by atoms with E-state index in [0.29, 0.717) is 30.1 Å². The number of carbonyl (C=O) groups excluding carboxylic acids is 1. The van der Waals surface area contributed by atoms with E-state index < -0.39 is 0 Å². The molecule has 0 bridgehead atoms. The zero-order valence-electron chi connectivity index (χ0n) is 10.9. The van der Waals surface area contributed by atoms with Gasteiger partial charge >= 0.3 is 0 Å². The van der Waals surface area contributed by atoms with Crippen LogP contribution in [0.5, 0.6) is 0 Å². The summed E-state index contributed by atoms with van der Waals surface area (Å²) < 4.78 is 6.43. The zero-order chi connectivity index (χ0) is 13.7. The number of amides is 1. The van der Waals surface area contributed by atoms with Crippen LogP contribution < -0.4 is 11.1 Å². The van der Waals surface area contributed by atoms with Crippen molar-refractivity contribution in [2.24, 2.45) is 7.05 Å². The number of hydrogen-bond acceptors (Lipinski definition) is 5. The van der Waals surface area contributed by atoms with Crippen molar-refractivity contribution in [3.63, 3.8) is 0 Å². The van der Waals surface area contributed by atoms with Gasteiger partial charge in [0, 0.05) is 20.8 Å². The van der Waals surface area contributed by atoms with Crippen LogP contribution in [0.3, 0.4) is 0 Å². The number of methoxy groups -OCH3 is 1. The normalized spacial score (nSPS) is 12.4. The molecule has 1 amide bonds. The van der Waals surface area contributed by atoms with Gasteiger partial charge in [-0.3, -0.25) is 9.48 Å². The second-order valence-electron chi connectivity index (χ2n) is 4.11. The Morgan fingerprint density at radius 2 is 2.33 bits per heavy atom. The number of nitrogens with one attached hydrogen (secondary N) is 1. The van der Waals surface area contributed by atoms with Gasteiger partial charge in [-0.05, 0) is 13.3 Å². The molecular weight excluding hydrogens is 236 g/mol. The average Bonchev–Trinajstić information content (AvgIpc) is 2.53. The quantitative estimate of drug-likeness (QED) is 0.633. The van der Waals surface area contributed by atoms with Crippen molar-refractivity contribution in [2.75, 3.05) is 26.1 Å². The molecule has 18 heavy (non-hydrogen) atoms. The fourth-order valence-corrected chi connectivity index (χ4v) is 1.75. The SMILES string of the molecule is COCC(CCO)NC(=O)c1c(N)c(C)nn1C. The van der Waals surface area contributed by atoms with Crippen molar-refractivity contribution in [1.82, 2.24) is 15.1 Å². The molecule has 0 saturated carbocycles. The second kappa shape index (κ2) is 6.36. The largest absolute Gasteiger partial charge is 0.396 e. The van der Waals surface area contributed by atoms with Gasteiger partial charge in [-0.25, -0.2) is 0 Å². The minimum Gasteiger partial charge on any atom is -0.396 e. The number of anilines is 1. The maximum Gasteiger partial charge on any atom is 0.271 e. The van der Waals surface area contributed by atoms with Gasteiger partial charge in [-0.2, -0.15) is 5.10 Å². The van der Waals surface area contributed by atoms with Crippen molar-refractivity contribution in [2.45, 2.75) is 19.4 Å². The van der Waals surface area contributed by atoms with Crippen molar-refractivity contribution in [3.05, 3.63) is 11.4 Å². The van der Waals surface area contributed by atoms with Gasteiger partial charge in [0.05, 0.1) is 24.0 Å². The van der Waals surface area contributed by atoms with Gasteiger partial charge in [0.1, 0.15) is 5.69 Å². The third-order valence-electron chi connectivity index (χ3n) is 2.66. The highest BCUT2D eigenvalue weighted by molar-refractivity contribution is 5.98. The summed E-state index contributed by atoms with van der Waals surface area (Å²) in [5.41, 5.74) is 7.12. The van der Waals surface area contributed by atoms with Crippen LogP contribution in [-0.4, -0.2) is 47.2 Å². The van der Waals surface area contributed by atoms with E-state index in [2.05, 4.69) is 10.4 Å². The molecule has 1 atom stereocenters. The van der Waals surface area contributed by atoms with E-state index in [1.54, 1.807) is 21.1 Å². The first-order chi connectivity index (χ1) is 8.51. The van der Waals surface area contributed by atoms with Crippen LogP contribution in [0.2, 0.25) is 0 Å². The highest BCUT2D eigenvalue weighted by Crippen LogP contribution is 2.15. The molecule has 0 saturated heterocycles. The topological polar surface area (TPSA) is 102 Å². The lowest BCUT2D eigenvalue weighted by Crippen LogP contribution is -2.39. The first-order valence-electron chi connectivity index (χ1n) is 5.71. The van der Waals surface area contributed by atoms with Crippen LogP contribution >= 0.6 is 0 Å². The molecular formula is C11H20N4O3. The number of hydrogen-bond donors (Lipinski definition) is 3. The number of rotatable bonds is 6. The van der Waals surface area contributed by atoms with Gasteiger partial charge in [0.25, 0.3) is 5.91 Å². The summed E-state index contributed by atoms with van der Waals surface area (Å²) in [4.78, 5) is 12.1. The molecule has 1 heterocycles. The Morgan fingerprint density at radius 1 is 1.67 bits per heavy atom. The van der Waals surface area contributed by atoms with Crippen LogP contribution in [0.1, 0.15) is 22.6 Å². The predicted molar refractivity (Wildman–Crippen MR) is 67.2 cm³/mol.